The van der Waals surface area contributed by atoms with Gasteiger partial charge in [0.25, 0.3) is 0 Å². The van der Waals surface area contributed by atoms with Crippen LogP contribution in [-0.2, 0) is 0 Å². The fourth-order valence-electron chi connectivity index (χ4n) is 2.09. The van der Waals surface area contributed by atoms with Crippen LogP contribution in [-0.4, -0.2) is 17.9 Å². The lowest BCUT2D eigenvalue weighted by atomic mass is 10.0. The van der Waals surface area contributed by atoms with Gasteiger partial charge < -0.3 is 4.74 Å². The lowest BCUT2D eigenvalue weighted by molar-refractivity contribution is 0.106. The number of allylic oxidation sites excluding steroid dienone is 1. The normalized spacial score (nSPS) is 10.5. The summed E-state index contributed by atoms with van der Waals surface area (Å²) in [5, 5.41) is 1.02. The smallest absolute Gasteiger partial charge is 0.202 e. The second-order valence-corrected chi connectivity index (χ2v) is 5.65. The van der Waals surface area contributed by atoms with Crippen LogP contribution in [0.2, 0.25) is 0 Å². The average molecular weight is 295 g/mol. The van der Waals surface area contributed by atoms with E-state index in [0.717, 1.165) is 15.6 Å². The highest BCUT2D eigenvalue weighted by Crippen LogP contribution is 2.29. The Kier molecular flexibility index (Phi) is 3.54. The minimum absolute atomic E-state index is 0.0653. The third-order valence-electron chi connectivity index (χ3n) is 3.24. The van der Waals surface area contributed by atoms with Crippen LogP contribution in [0.25, 0.3) is 15.7 Å². The van der Waals surface area contributed by atoms with Crippen LogP contribution < -0.4 is 4.74 Å². The molecule has 21 heavy (non-hydrogen) atoms. The van der Waals surface area contributed by atoms with Crippen LogP contribution >= 0.6 is 11.3 Å². The number of carbonyl (C=O) groups is 1. The summed E-state index contributed by atoms with van der Waals surface area (Å²) in [5.41, 5.74) is 1.24. The number of methoxy groups -OCH3 is 1. The Balaban J connectivity index is 1.95. The van der Waals surface area contributed by atoms with E-state index in [1.807, 2.05) is 36.4 Å². The molecule has 0 spiro atoms. The van der Waals surface area contributed by atoms with E-state index in [9.17, 15) is 4.79 Å². The zero-order valence-electron chi connectivity index (χ0n) is 11.5. The topological polar surface area (TPSA) is 39.2 Å². The summed E-state index contributed by atoms with van der Waals surface area (Å²) in [6.45, 7) is 3.93. The fraction of sp³-hybridized carbons (Fsp3) is 0.0588. The second kappa shape index (κ2) is 5.50. The lowest BCUT2D eigenvalue weighted by Crippen LogP contribution is -1.99. The number of carbonyl (C=O) groups excluding carboxylic acids is 1. The van der Waals surface area contributed by atoms with Crippen molar-refractivity contribution >= 4 is 32.8 Å². The number of aromatic nitrogens is 1. The third kappa shape index (κ3) is 2.58. The molecule has 2 heterocycles. The highest BCUT2D eigenvalue weighted by molar-refractivity contribution is 7.21. The van der Waals surface area contributed by atoms with Crippen molar-refractivity contribution in [2.75, 3.05) is 7.11 Å². The van der Waals surface area contributed by atoms with Gasteiger partial charge in [0.1, 0.15) is 5.75 Å². The van der Waals surface area contributed by atoms with Gasteiger partial charge in [0, 0.05) is 18.0 Å². The van der Waals surface area contributed by atoms with Crippen LogP contribution in [0, 0.1) is 0 Å². The molecule has 1 aromatic carbocycles. The molecule has 3 rings (SSSR count). The molecule has 3 aromatic rings. The van der Waals surface area contributed by atoms with Crippen molar-refractivity contribution in [2.24, 2.45) is 0 Å². The highest BCUT2D eigenvalue weighted by atomic mass is 32.1. The number of benzene rings is 1. The van der Waals surface area contributed by atoms with Crippen molar-refractivity contribution in [3.63, 3.8) is 0 Å². The molecular formula is C17H13NO2S. The van der Waals surface area contributed by atoms with E-state index < -0.39 is 0 Å². The molecule has 2 aromatic heterocycles. The Labute approximate surface area is 126 Å². The summed E-state index contributed by atoms with van der Waals surface area (Å²) in [6, 6.07) is 11.1. The minimum atomic E-state index is -0.0653. The van der Waals surface area contributed by atoms with Gasteiger partial charge in [-0.1, -0.05) is 18.7 Å². The van der Waals surface area contributed by atoms with Gasteiger partial charge in [-0.2, -0.15) is 0 Å². The van der Waals surface area contributed by atoms with Gasteiger partial charge in [0.15, 0.2) is 0 Å². The second-order valence-electron chi connectivity index (χ2n) is 4.56. The fourth-order valence-corrected chi connectivity index (χ4v) is 3.08. The minimum Gasteiger partial charge on any atom is -0.497 e. The molecule has 4 heteroatoms. The first-order chi connectivity index (χ1) is 10.2. The van der Waals surface area contributed by atoms with Gasteiger partial charge in [0.05, 0.1) is 16.7 Å². The number of hydrogen-bond acceptors (Lipinski definition) is 4. The van der Waals surface area contributed by atoms with E-state index in [-0.39, 0.29) is 5.78 Å². The van der Waals surface area contributed by atoms with Gasteiger partial charge in [-0.15, -0.1) is 11.3 Å². The summed E-state index contributed by atoms with van der Waals surface area (Å²) in [6.07, 6.45) is 3.49. The van der Waals surface area contributed by atoms with Gasteiger partial charge in [-0.3, -0.25) is 9.78 Å². The molecule has 0 saturated carbocycles. The molecule has 0 amide bonds. The zero-order valence-corrected chi connectivity index (χ0v) is 12.3. The Bertz CT molecular complexity index is 802. The number of ketones is 1. The molecule has 0 fully saturated rings. The number of hydrogen-bond donors (Lipinski definition) is 0. The lowest BCUT2D eigenvalue weighted by Gasteiger charge is -2.05. The van der Waals surface area contributed by atoms with Crippen LogP contribution in [0.3, 0.4) is 0 Å². The van der Waals surface area contributed by atoms with Crippen LogP contribution in [0.15, 0.2) is 55.4 Å². The number of ether oxygens (including phenoxy) is 1. The van der Waals surface area contributed by atoms with Crippen LogP contribution in [0.1, 0.15) is 15.2 Å². The van der Waals surface area contributed by atoms with Gasteiger partial charge in [-0.25, -0.2) is 0 Å². The molecule has 0 radical (unpaired) electrons. The standard InChI is InChI=1S/C17H13NO2S/c1-11(12-4-3-5-14(8-12)20-2)17(19)15-9-13-6-7-18-10-16(13)21-15/h3-10H,1H2,2H3. The molecule has 104 valence electrons. The van der Waals surface area contributed by atoms with Gasteiger partial charge in [-0.05, 0) is 35.2 Å². The Morgan fingerprint density at radius 3 is 2.90 bits per heavy atom. The molecule has 0 unspecified atom stereocenters. The molecule has 0 aliphatic carbocycles. The number of Topliss-reactive ketones (excluding diaryl/α,β-unsaturated/α-hetero) is 1. The summed E-state index contributed by atoms with van der Waals surface area (Å²) < 4.78 is 6.18. The Hall–Kier alpha value is -2.46. The molecule has 0 N–H and O–H groups in total. The maximum absolute atomic E-state index is 12.6. The predicted octanol–water partition coefficient (Wildman–Crippen LogP) is 4.20. The molecule has 0 atom stereocenters. The quantitative estimate of drug-likeness (QED) is 0.535. The van der Waals surface area contributed by atoms with E-state index in [2.05, 4.69) is 11.6 Å². The molecule has 0 saturated heterocycles. The molecule has 0 bridgehead atoms. The van der Waals surface area contributed by atoms with E-state index in [0.29, 0.717) is 16.2 Å². The maximum Gasteiger partial charge on any atom is 0.202 e. The number of nitrogens with zero attached hydrogens (tertiary/aromatic N) is 1. The third-order valence-corrected chi connectivity index (χ3v) is 4.32. The Morgan fingerprint density at radius 2 is 2.14 bits per heavy atom. The molecule has 0 aliphatic heterocycles. The van der Waals surface area contributed by atoms with Gasteiger partial charge in [0.2, 0.25) is 5.78 Å². The maximum atomic E-state index is 12.6. The Morgan fingerprint density at radius 1 is 1.29 bits per heavy atom. The van der Waals surface area contributed by atoms with Crippen molar-refractivity contribution < 1.29 is 9.53 Å². The van der Waals surface area contributed by atoms with E-state index in [1.165, 1.54) is 11.3 Å². The number of pyridine rings is 1. The van der Waals surface area contributed by atoms with Crippen molar-refractivity contribution in [3.05, 3.63) is 65.8 Å². The van der Waals surface area contributed by atoms with Gasteiger partial charge >= 0.3 is 0 Å². The molecule has 3 nitrogen and oxygen atoms in total. The van der Waals surface area contributed by atoms with E-state index >= 15 is 0 Å². The van der Waals surface area contributed by atoms with E-state index in [1.54, 1.807) is 19.5 Å². The largest absolute Gasteiger partial charge is 0.497 e. The first-order valence-electron chi connectivity index (χ1n) is 6.40. The molecular weight excluding hydrogens is 282 g/mol. The van der Waals surface area contributed by atoms with Crippen molar-refractivity contribution in [2.45, 2.75) is 0 Å². The van der Waals surface area contributed by atoms with Crippen LogP contribution in [0.5, 0.6) is 5.75 Å². The highest BCUT2D eigenvalue weighted by Gasteiger charge is 2.15. The summed E-state index contributed by atoms with van der Waals surface area (Å²) in [5.74, 6) is 0.645. The summed E-state index contributed by atoms with van der Waals surface area (Å²) >= 11 is 1.43. The zero-order chi connectivity index (χ0) is 14.8. The van der Waals surface area contributed by atoms with Crippen molar-refractivity contribution in [3.8, 4) is 5.75 Å². The van der Waals surface area contributed by atoms with Crippen molar-refractivity contribution in [1.82, 2.24) is 4.98 Å². The molecule has 0 aliphatic rings. The van der Waals surface area contributed by atoms with E-state index in [4.69, 9.17) is 4.74 Å². The summed E-state index contributed by atoms with van der Waals surface area (Å²) in [4.78, 5) is 17.3. The number of thiophene rings is 1. The predicted molar refractivity (Wildman–Crippen MR) is 86.0 cm³/mol. The first kappa shape index (κ1) is 13.5. The summed E-state index contributed by atoms with van der Waals surface area (Å²) in [7, 11) is 1.60. The van der Waals surface area contributed by atoms with Crippen molar-refractivity contribution in [1.29, 1.82) is 0 Å². The average Bonchev–Trinajstić information content (AvgIpc) is 2.97. The monoisotopic (exact) mass is 295 g/mol. The van der Waals surface area contributed by atoms with Crippen LogP contribution in [0.4, 0.5) is 0 Å². The SMILES string of the molecule is C=C(C(=O)c1cc2ccncc2s1)c1cccc(OC)c1. The number of fused-ring (bicyclic) bond motifs is 1. The number of rotatable bonds is 4. The first-order valence-corrected chi connectivity index (χ1v) is 7.22.